The van der Waals surface area contributed by atoms with E-state index in [1.807, 2.05) is 41.5 Å². The van der Waals surface area contributed by atoms with Crippen LogP contribution in [0.1, 0.15) is 104 Å². The molecule has 14 atom stereocenters. The number of aliphatic hydroxyl groups is 1. The van der Waals surface area contributed by atoms with Crippen LogP contribution in [0.5, 0.6) is 0 Å². The number of allylic oxidation sites excluding steroid dienone is 1. The van der Waals surface area contributed by atoms with E-state index in [2.05, 4.69) is 18.7 Å². The minimum atomic E-state index is -3.74. The second-order valence-electron chi connectivity index (χ2n) is 13.8. The van der Waals surface area contributed by atoms with Crippen LogP contribution in [0.15, 0.2) is 12.7 Å². The van der Waals surface area contributed by atoms with Crippen LogP contribution in [-0.4, -0.2) is 86.9 Å². The first-order chi connectivity index (χ1) is 24.3. The van der Waals surface area contributed by atoms with Crippen LogP contribution in [0.4, 0.5) is 0 Å². The summed E-state index contributed by atoms with van der Waals surface area (Å²) >= 11 is 11.9. The molecule has 1 N–H and O–H groups in total. The van der Waals surface area contributed by atoms with Gasteiger partial charge in [0.2, 0.25) is 0 Å². The van der Waals surface area contributed by atoms with Crippen molar-refractivity contribution in [2.75, 3.05) is 33.0 Å². The normalized spacial score (nSPS) is 35.5. The lowest BCUT2D eigenvalue weighted by Gasteiger charge is -2.39. The Balaban J connectivity index is 0.00000972. The van der Waals surface area contributed by atoms with Crippen LogP contribution in [0.3, 0.4) is 0 Å². The molecule has 0 aromatic carbocycles. The Kier molecular flexibility index (Phi) is 17.1. The zero-order valence-electron chi connectivity index (χ0n) is 32.4. The largest absolute Gasteiger partial charge is 0.390 e. The van der Waals surface area contributed by atoms with Gasteiger partial charge in [-0.15, -0.1) is 6.58 Å². The van der Waals surface area contributed by atoms with Crippen molar-refractivity contribution in [1.29, 1.82) is 10.5 Å². The molecule has 50 heavy (non-hydrogen) atoms. The summed E-state index contributed by atoms with van der Waals surface area (Å²) < 4.78 is 79.8. The number of aliphatic hydroxyl groups excluding tert-OH is 1. The summed E-state index contributed by atoms with van der Waals surface area (Å²) in [6.07, 6.45) is -1.98. The zero-order valence-corrected chi connectivity index (χ0v) is 32.9. The molecule has 16 heteroatoms. The Labute approximate surface area is 315 Å². The second kappa shape index (κ2) is 20.9. The molecule has 0 aromatic heterocycles. The van der Waals surface area contributed by atoms with Crippen molar-refractivity contribution in [3.63, 3.8) is 0 Å². The third-order valence-electron chi connectivity index (χ3n) is 9.02. The third-order valence-corrected chi connectivity index (χ3v) is 13.7. The number of nitriles is 2. The predicted molar refractivity (Wildman–Crippen MR) is 199 cm³/mol. The van der Waals surface area contributed by atoms with Gasteiger partial charge < -0.3 is 46.5 Å². The SMILES string of the molecule is C.[3H]C1CC(O)C(COP(=S)(OC2CC([3H])OC2COP(=S)(OC2CC([3H])OC2CC)OC(CC#N)C(C)(CC)CC=C)OC(CC#N)C(C)(C)C)O1. The van der Waals surface area contributed by atoms with E-state index in [0.717, 1.165) is 0 Å². The Morgan fingerprint density at radius 1 is 0.880 bits per heavy atom. The summed E-state index contributed by atoms with van der Waals surface area (Å²) in [5, 5.41) is 29.7. The fourth-order valence-corrected chi connectivity index (χ4v) is 10.6. The molecule has 3 aliphatic rings. The molecule has 0 spiro atoms. The maximum absolute atomic E-state index is 10.4. The molecule has 288 valence electrons. The standard InChI is InChI=1S/C33H56N2O10P2S2.CH4/c1-8-16-33(7,10-3)31(12-18-35)45-47(49,42-26-14-20-37-25(26)9-2)41-23-29-27(15-21-39-29)43-46(48,40-22-28-24(36)13-19-38-28)44-30(11-17-34)32(4,5)6;/h8,24-31,36H,1,9-16,19-23H2,2-7H3;1H4/i19T,20T,21T;. The molecule has 3 aliphatic heterocycles. The first kappa shape index (κ1) is 40.8. The minimum absolute atomic E-state index is 0. The lowest BCUT2D eigenvalue weighted by molar-refractivity contribution is -0.0332. The summed E-state index contributed by atoms with van der Waals surface area (Å²) in [4.78, 5) is 0. The van der Waals surface area contributed by atoms with Gasteiger partial charge in [-0.25, -0.2) is 0 Å². The number of nitrogens with zero attached hydrogens (tertiary/aromatic N) is 2. The lowest BCUT2D eigenvalue weighted by Crippen LogP contribution is -2.35. The maximum Gasteiger partial charge on any atom is 0.327 e. The van der Waals surface area contributed by atoms with Crippen molar-refractivity contribution in [3.05, 3.63) is 12.7 Å². The van der Waals surface area contributed by atoms with E-state index in [4.69, 9.17) is 69.1 Å². The third kappa shape index (κ3) is 13.2. The number of rotatable bonds is 21. The minimum Gasteiger partial charge on any atom is -0.390 e. The van der Waals surface area contributed by atoms with E-state index >= 15 is 0 Å². The smallest absolute Gasteiger partial charge is 0.327 e. The molecule has 0 amide bonds. The van der Waals surface area contributed by atoms with Crippen LogP contribution < -0.4 is 0 Å². The Hall–Kier alpha value is -0.380. The summed E-state index contributed by atoms with van der Waals surface area (Å²) in [5.41, 5.74) is -1.05. The Morgan fingerprint density at radius 3 is 1.84 bits per heavy atom. The Morgan fingerprint density at radius 2 is 1.36 bits per heavy atom. The van der Waals surface area contributed by atoms with Crippen molar-refractivity contribution >= 4 is 37.1 Å². The molecule has 0 bridgehead atoms. The van der Waals surface area contributed by atoms with Crippen LogP contribution in [0, 0.1) is 33.5 Å². The lowest BCUT2D eigenvalue weighted by atomic mass is 9.77. The van der Waals surface area contributed by atoms with E-state index < -0.39 is 92.8 Å². The van der Waals surface area contributed by atoms with Crippen molar-refractivity contribution in [3.8, 4) is 12.1 Å². The number of hydrogen-bond acceptors (Lipinski definition) is 14. The summed E-state index contributed by atoms with van der Waals surface area (Å²) in [6.45, 7) is 4.83. The topological polar surface area (TPSA) is 151 Å². The van der Waals surface area contributed by atoms with E-state index in [-0.39, 0.29) is 52.7 Å². The van der Waals surface area contributed by atoms with Gasteiger partial charge in [-0.1, -0.05) is 55.0 Å². The van der Waals surface area contributed by atoms with Gasteiger partial charge in [0.25, 0.3) is 0 Å². The van der Waals surface area contributed by atoms with Gasteiger partial charge in [-0.05, 0) is 60.1 Å². The van der Waals surface area contributed by atoms with Crippen molar-refractivity contribution in [2.45, 2.75) is 149 Å². The van der Waals surface area contributed by atoms with Gasteiger partial charge in [0, 0.05) is 32.6 Å². The van der Waals surface area contributed by atoms with Gasteiger partial charge in [-0.3, -0.25) is 0 Å². The van der Waals surface area contributed by atoms with E-state index in [0.29, 0.717) is 19.3 Å². The van der Waals surface area contributed by atoms with Crippen molar-refractivity contribution in [1.82, 2.24) is 0 Å². The highest BCUT2D eigenvalue weighted by Gasteiger charge is 2.44. The van der Waals surface area contributed by atoms with E-state index in [1.165, 1.54) is 0 Å². The number of ether oxygens (including phenoxy) is 3. The average molecular weight is 789 g/mol. The molecular weight excluding hydrogens is 722 g/mol. The molecular formula is C34H60N2O10P2S2. The summed E-state index contributed by atoms with van der Waals surface area (Å²) in [6, 6.07) is 4.33. The highest BCUT2D eigenvalue weighted by Crippen LogP contribution is 2.58. The molecule has 3 saturated heterocycles. The zero-order chi connectivity index (χ0) is 38.9. The summed E-state index contributed by atoms with van der Waals surface area (Å²) in [7, 11) is 0. The predicted octanol–water partition coefficient (Wildman–Crippen LogP) is 7.65. The molecule has 3 heterocycles. The molecule has 12 nitrogen and oxygen atoms in total. The van der Waals surface area contributed by atoms with Crippen LogP contribution >= 0.6 is 13.4 Å². The van der Waals surface area contributed by atoms with Crippen LogP contribution in [0.2, 0.25) is 0 Å². The highest BCUT2D eigenvalue weighted by atomic mass is 32.5. The van der Waals surface area contributed by atoms with Crippen LogP contribution in [-0.2, 0) is 65.0 Å². The fraction of sp³-hybridized carbons (Fsp3) is 0.882. The van der Waals surface area contributed by atoms with Crippen molar-refractivity contribution < 1.29 is 50.6 Å². The summed E-state index contributed by atoms with van der Waals surface area (Å²) in [5.74, 6) is 0. The molecule has 0 aromatic rings. The highest BCUT2D eigenvalue weighted by molar-refractivity contribution is 8.07. The Bertz CT molecular complexity index is 1360. The average Bonchev–Trinajstić information content (AvgIpc) is 3.71. The van der Waals surface area contributed by atoms with Gasteiger partial charge in [-0.2, -0.15) is 10.5 Å². The maximum atomic E-state index is 10.4. The molecule has 3 rings (SSSR count). The van der Waals surface area contributed by atoms with Gasteiger partial charge in [0.05, 0.1) is 78.9 Å². The van der Waals surface area contributed by atoms with Gasteiger partial charge >= 0.3 is 13.4 Å². The quantitative estimate of drug-likeness (QED) is 0.0896. The van der Waals surface area contributed by atoms with Gasteiger partial charge in [0.1, 0.15) is 12.2 Å². The fourth-order valence-electron chi connectivity index (χ4n) is 5.48. The molecule has 0 saturated carbocycles. The molecule has 14 unspecified atom stereocenters. The van der Waals surface area contributed by atoms with E-state index in [9.17, 15) is 15.6 Å². The second-order valence-corrected chi connectivity index (χ2v) is 19.6. The first-order valence-electron chi connectivity index (χ1n) is 18.5. The van der Waals surface area contributed by atoms with E-state index in [1.54, 1.807) is 6.08 Å². The molecule has 0 radical (unpaired) electrons. The van der Waals surface area contributed by atoms with Crippen molar-refractivity contribution in [2.24, 2.45) is 10.8 Å². The first-order valence-corrected chi connectivity index (χ1v) is 21.9. The van der Waals surface area contributed by atoms with Crippen LogP contribution in [0.25, 0.3) is 0 Å². The monoisotopic (exact) mass is 788 g/mol. The molecule has 0 aliphatic carbocycles. The molecule has 3 fully saturated rings. The number of hydrogen-bond donors (Lipinski definition) is 1. The van der Waals surface area contributed by atoms with Gasteiger partial charge in [0.15, 0.2) is 0 Å².